The zero-order valence-corrected chi connectivity index (χ0v) is 22.4. The molecule has 2 amide bonds. The van der Waals surface area contributed by atoms with Gasteiger partial charge >= 0.3 is 24.1 Å². The Kier molecular flexibility index (Phi) is 8.73. The van der Waals surface area contributed by atoms with Gasteiger partial charge in [-0.05, 0) is 63.6 Å². The lowest BCUT2D eigenvalue weighted by molar-refractivity contribution is -0.156. The van der Waals surface area contributed by atoms with Crippen molar-refractivity contribution in [2.45, 2.75) is 45.5 Å². The van der Waals surface area contributed by atoms with Crippen molar-refractivity contribution in [2.24, 2.45) is 0 Å². The van der Waals surface area contributed by atoms with Gasteiger partial charge in [0.25, 0.3) is 0 Å². The number of amides is 2. The van der Waals surface area contributed by atoms with Gasteiger partial charge in [-0.2, -0.15) is 18.4 Å². The van der Waals surface area contributed by atoms with E-state index in [9.17, 15) is 32.8 Å². The molecule has 11 heteroatoms. The number of carbonyl (C=O) groups excluding carboxylic acids is 3. The molecule has 1 aliphatic rings. The third kappa shape index (κ3) is 6.69. The van der Waals surface area contributed by atoms with Crippen molar-refractivity contribution in [1.29, 1.82) is 5.26 Å². The molecular formula is C29H28F3N3O5. The third-order valence-corrected chi connectivity index (χ3v) is 5.81. The lowest BCUT2D eigenvalue weighted by Crippen LogP contribution is -2.53. The second-order valence-corrected chi connectivity index (χ2v) is 9.90. The van der Waals surface area contributed by atoms with Crippen LogP contribution < -0.4 is 4.90 Å². The van der Waals surface area contributed by atoms with Crippen LogP contribution in [0.4, 0.5) is 23.7 Å². The van der Waals surface area contributed by atoms with Crippen LogP contribution >= 0.6 is 0 Å². The number of hydrogen-bond donors (Lipinski definition) is 0. The molecule has 0 saturated heterocycles. The van der Waals surface area contributed by atoms with E-state index in [1.165, 1.54) is 43.3 Å². The van der Waals surface area contributed by atoms with Crippen LogP contribution in [-0.2, 0) is 25.2 Å². The summed E-state index contributed by atoms with van der Waals surface area (Å²) in [6, 6.07) is 9.99. The Balaban J connectivity index is 2.28. The molecular weight excluding hydrogens is 527 g/mol. The molecule has 0 aromatic heterocycles. The first kappa shape index (κ1) is 30.0. The van der Waals surface area contributed by atoms with Crippen LogP contribution in [0.5, 0.6) is 0 Å². The number of hydrogen-bond acceptors (Lipinski definition) is 6. The van der Waals surface area contributed by atoms with Gasteiger partial charge in [-0.3, -0.25) is 9.69 Å². The number of carbonyl (C=O) groups is 3. The highest BCUT2D eigenvalue weighted by atomic mass is 19.4. The maximum absolute atomic E-state index is 14.0. The van der Waals surface area contributed by atoms with Crippen molar-refractivity contribution in [3.63, 3.8) is 0 Å². The maximum Gasteiger partial charge on any atom is 0.416 e. The number of anilines is 1. The minimum Gasteiger partial charge on any atom is -0.459 e. The standard InChI is InChI=1S/C29H28F3N3O5/c1-6-14-39-26(37)24-18(2)35(22-9-7-8-21(15-22)29(30,31)32)27(38)34(17-23(36)40-28(3,4)5)25(24)20-12-10-19(16-33)11-13-20/h6-13,15,25H,1,14,17H2,2-5H3/t25-/m1/s1. The molecule has 0 N–H and O–H groups in total. The maximum atomic E-state index is 14.0. The summed E-state index contributed by atoms with van der Waals surface area (Å²) in [4.78, 5) is 42.3. The van der Waals surface area contributed by atoms with Gasteiger partial charge < -0.3 is 14.4 Å². The molecule has 0 fully saturated rings. The second kappa shape index (κ2) is 11.7. The summed E-state index contributed by atoms with van der Waals surface area (Å²) in [6.07, 6.45) is -3.36. The zero-order valence-electron chi connectivity index (χ0n) is 22.4. The predicted octanol–water partition coefficient (Wildman–Crippen LogP) is 5.91. The fourth-order valence-corrected chi connectivity index (χ4v) is 4.21. The van der Waals surface area contributed by atoms with Crippen LogP contribution in [0, 0.1) is 11.3 Å². The number of nitrogens with zero attached hydrogens (tertiary/aromatic N) is 3. The first-order valence-corrected chi connectivity index (χ1v) is 12.2. The lowest BCUT2D eigenvalue weighted by atomic mass is 9.92. The average Bonchev–Trinajstić information content (AvgIpc) is 2.87. The topological polar surface area (TPSA) is 99.9 Å². The first-order valence-electron chi connectivity index (χ1n) is 12.2. The van der Waals surface area contributed by atoms with E-state index in [1.807, 2.05) is 6.07 Å². The van der Waals surface area contributed by atoms with Crippen LogP contribution in [0.2, 0.25) is 0 Å². The number of benzene rings is 2. The normalized spacial score (nSPS) is 15.9. The summed E-state index contributed by atoms with van der Waals surface area (Å²) in [7, 11) is 0. The fraction of sp³-hybridized carbons (Fsp3) is 0.310. The largest absolute Gasteiger partial charge is 0.459 e. The molecule has 1 aliphatic heterocycles. The monoisotopic (exact) mass is 555 g/mol. The number of allylic oxidation sites excluding steroid dienone is 1. The summed E-state index contributed by atoms with van der Waals surface area (Å²) in [6.45, 7) is 9.02. The predicted molar refractivity (Wildman–Crippen MR) is 140 cm³/mol. The third-order valence-electron chi connectivity index (χ3n) is 5.81. The number of rotatable bonds is 7. The number of nitriles is 1. The Bertz CT molecular complexity index is 1390. The van der Waals surface area contributed by atoms with Gasteiger partial charge in [0.15, 0.2) is 0 Å². The smallest absolute Gasteiger partial charge is 0.416 e. The summed E-state index contributed by atoms with van der Waals surface area (Å²) in [5.41, 5.74) is -1.48. The van der Waals surface area contributed by atoms with Gasteiger partial charge in [0.1, 0.15) is 18.8 Å². The van der Waals surface area contributed by atoms with E-state index in [-0.39, 0.29) is 23.6 Å². The molecule has 0 saturated carbocycles. The number of ether oxygens (including phenoxy) is 2. The number of halogens is 3. The molecule has 40 heavy (non-hydrogen) atoms. The van der Waals surface area contributed by atoms with Gasteiger partial charge in [0.05, 0.1) is 34.5 Å². The van der Waals surface area contributed by atoms with Crippen LogP contribution in [0.15, 0.2) is 72.5 Å². The zero-order chi connectivity index (χ0) is 29.8. The molecule has 8 nitrogen and oxygen atoms in total. The van der Waals surface area contributed by atoms with E-state index in [0.717, 1.165) is 28.0 Å². The molecule has 0 radical (unpaired) electrons. The molecule has 0 aliphatic carbocycles. The van der Waals surface area contributed by atoms with Crippen molar-refractivity contribution in [1.82, 2.24) is 4.90 Å². The van der Waals surface area contributed by atoms with E-state index in [4.69, 9.17) is 9.47 Å². The Morgan fingerprint density at radius 2 is 1.77 bits per heavy atom. The van der Waals surface area contributed by atoms with Crippen molar-refractivity contribution >= 4 is 23.7 Å². The Morgan fingerprint density at radius 1 is 1.12 bits per heavy atom. The van der Waals surface area contributed by atoms with Gasteiger partial charge in [-0.25, -0.2) is 9.59 Å². The van der Waals surface area contributed by atoms with Crippen molar-refractivity contribution in [3.05, 3.63) is 89.1 Å². The molecule has 210 valence electrons. The van der Waals surface area contributed by atoms with Crippen molar-refractivity contribution in [3.8, 4) is 6.07 Å². The molecule has 0 bridgehead atoms. The number of esters is 2. The van der Waals surface area contributed by atoms with E-state index in [0.29, 0.717) is 11.1 Å². The SMILES string of the molecule is C=CCOC(=O)C1=C(C)N(c2cccc(C(F)(F)F)c2)C(=O)N(CC(=O)OC(C)(C)C)[C@@H]1c1ccc(C#N)cc1. The van der Waals surface area contributed by atoms with Crippen LogP contribution in [0.3, 0.4) is 0 Å². The summed E-state index contributed by atoms with van der Waals surface area (Å²) in [5.74, 6) is -1.67. The molecule has 2 aromatic carbocycles. The lowest BCUT2D eigenvalue weighted by Gasteiger charge is -2.42. The minimum atomic E-state index is -4.70. The molecule has 0 spiro atoms. The Hall–Kier alpha value is -4.59. The average molecular weight is 556 g/mol. The first-order chi connectivity index (χ1) is 18.7. The summed E-state index contributed by atoms with van der Waals surface area (Å²) >= 11 is 0. The van der Waals surface area contributed by atoms with Gasteiger partial charge in [-0.15, -0.1) is 0 Å². The number of urea groups is 1. The van der Waals surface area contributed by atoms with E-state index < -0.39 is 47.9 Å². The van der Waals surface area contributed by atoms with Crippen LogP contribution in [-0.4, -0.2) is 41.6 Å². The summed E-state index contributed by atoms with van der Waals surface area (Å²) < 4.78 is 51.3. The fourth-order valence-electron chi connectivity index (χ4n) is 4.21. The van der Waals surface area contributed by atoms with E-state index in [2.05, 4.69) is 6.58 Å². The summed E-state index contributed by atoms with van der Waals surface area (Å²) in [5, 5.41) is 9.22. The molecule has 0 unspecified atom stereocenters. The van der Waals surface area contributed by atoms with Crippen LogP contribution in [0.1, 0.15) is 50.4 Å². The van der Waals surface area contributed by atoms with Gasteiger partial charge in [0.2, 0.25) is 0 Å². The van der Waals surface area contributed by atoms with Crippen molar-refractivity contribution < 1.29 is 37.0 Å². The van der Waals surface area contributed by atoms with E-state index >= 15 is 0 Å². The molecule has 3 rings (SSSR count). The minimum absolute atomic E-state index is 0.00758. The van der Waals surface area contributed by atoms with Crippen LogP contribution in [0.25, 0.3) is 0 Å². The van der Waals surface area contributed by atoms with Crippen molar-refractivity contribution in [2.75, 3.05) is 18.1 Å². The molecule has 1 heterocycles. The highest BCUT2D eigenvalue weighted by molar-refractivity contribution is 6.04. The van der Waals surface area contributed by atoms with E-state index in [1.54, 1.807) is 20.8 Å². The van der Waals surface area contributed by atoms with Gasteiger partial charge in [0, 0.05) is 5.70 Å². The highest BCUT2D eigenvalue weighted by Gasteiger charge is 2.44. The second-order valence-electron chi connectivity index (χ2n) is 9.90. The Labute approximate surface area is 229 Å². The number of alkyl halides is 3. The molecule has 1 atom stereocenters. The quantitative estimate of drug-likeness (QED) is 0.311. The highest BCUT2D eigenvalue weighted by Crippen LogP contribution is 2.41. The molecule has 2 aromatic rings. The Morgan fingerprint density at radius 3 is 2.33 bits per heavy atom. The van der Waals surface area contributed by atoms with Gasteiger partial charge in [-0.1, -0.05) is 30.9 Å².